The first kappa shape index (κ1) is 24.9. The predicted octanol–water partition coefficient (Wildman–Crippen LogP) is 4.35. The lowest BCUT2D eigenvalue weighted by molar-refractivity contribution is -0.0586. The first-order valence-electron chi connectivity index (χ1n) is 13.2. The first-order chi connectivity index (χ1) is 18.1. The molecule has 3 atom stereocenters. The summed E-state index contributed by atoms with van der Waals surface area (Å²) in [5.41, 5.74) is 10.0. The van der Waals surface area contributed by atoms with E-state index >= 15 is 4.39 Å². The number of nitrogens with zero attached hydrogens (tertiary/aromatic N) is 2. The standard InChI is InChI=1S/C29H33FN4O4/c1-15-11-29(4,32-38-15)22-10-21(27(31)35)26-24(25(22)30)20-8-7-19(9-23(20)34(26)14-18-5-6-18)28(36)33-12-16(2)37-17(3)13-33/h7-11,16-18,32H,5-6,12-14H2,1-4H3,(H2,31,35). The zero-order chi connectivity index (χ0) is 26.9. The number of fused-ring (bicyclic) bond motifs is 3. The van der Waals surface area contributed by atoms with Crippen molar-refractivity contribution in [2.45, 2.75) is 64.8 Å². The number of hydrogen-bond acceptors (Lipinski definition) is 5. The van der Waals surface area contributed by atoms with Crippen LogP contribution in [0.2, 0.25) is 0 Å². The fraction of sp³-hybridized carbons (Fsp3) is 0.448. The zero-order valence-electron chi connectivity index (χ0n) is 22.1. The SMILES string of the molecule is CC1=CC(C)(c2cc(C(N)=O)c3c(c2F)c2ccc(C(=O)N4CC(C)OC(C)C4)cc2n3CC2CC2)NO1. The number of aromatic nitrogens is 1. The molecule has 200 valence electrons. The molecule has 0 radical (unpaired) electrons. The maximum atomic E-state index is 16.5. The Bertz CT molecular complexity index is 1510. The number of allylic oxidation sites excluding steroid dienone is 1. The van der Waals surface area contributed by atoms with Crippen molar-refractivity contribution < 1.29 is 23.6 Å². The van der Waals surface area contributed by atoms with E-state index in [-0.39, 0.29) is 29.2 Å². The molecular weight excluding hydrogens is 487 g/mol. The third-order valence-corrected chi connectivity index (χ3v) is 7.90. The molecule has 1 aromatic heterocycles. The molecule has 1 aliphatic carbocycles. The minimum atomic E-state index is -0.975. The molecule has 2 amide bonds. The molecule has 9 heteroatoms. The molecule has 2 fully saturated rings. The number of morpholine rings is 1. The number of carbonyl (C=O) groups is 2. The Hall–Kier alpha value is -3.43. The number of nitrogens with two attached hydrogens (primary N) is 1. The van der Waals surface area contributed by atoms with Crippen LogP contribution in [0.1, 0.15) is 66.8 Å². The Labute approximate surface area is 220 Å². The number of nitrogens with one attached hydrogen (secondary N) is 1. The van der Waals surface area contributed by atoms with Crippen molar-refractivity contribution in [1.29, 1.82) is 0 Å². The van der Waals surface area contributed by atoms with Gasteiger partial charge in [0.2, 0.25) is 0 Å². The van der Waals surface area contributed by atoms with Crippen LogP contribution < -0.4 is 11.2 Å². The second kappa shape index (κ2) is 8.81. The van der Waals surface area contributed by atoms with Crippen LogP contribution >= 0.6 is 0 Å². The maximum absolute atomic E-state index is 16.5. The third-order valence-electron chi connectivity index (χ3n) is 7.90. The molecule has 1 saturated carbocycles. The first-order valence-corrected chi connectivity index (χ1v) is 13.2. The average Bonchev–Trinajstić information content (AvgIpc) is 3.53. The van der Waals surface area contributed by atoms with E-state index in [1.165, 1.54) is 6.07 Å². The van der Waals surface area contributed by atoms with Gasteiger partial charge in [0.15, 0.2) is 0 Å². The van der Waals surface area contributed by atoms with E-state index in [0.717, 1.165) is 18.4 Å². The summed E-state index contributed by atoms with van der Waals surface area (Å²) in [5, 5.41) is 0.978. The number of primary amides is 1. The summed E-state index contributed by atoms with van der Waals surface area (Å²) in [6.07, 6.45) is 3.82. The molecule has 8 nitrogen and oxygen atoms in total. The summed E-state index contributed by atoms with van der Waals surface area (Å²) in [6.45, 7) is 9.13. The topological polar surface area (TPSA) is 98.8 Å². The van der Waals surface area contributed by atoms with Gasteiger partial charge in [0, 0.05) is 41.5 Å². The second-order valence-electron chi connectivity index (χ2n) is 11.3. The van der Waals surface area contributed by atoms with E-state index in [9.17, 15) is 9.59 Å². The number of amides is 2. The highest BCUT2D eigenvalue weighted by Crippen LogP contribution is 2.42. The number of hydroxylamine groups is 1. The van der Waals surface area contributed by atoms with Crippen LogP contribution in [0.4, 0.5) is 4.39 Å². The van der Waals surface area contributed by atoms with Crippen molar-refractivity contribution in [1.82, 2.24) is 14.9 Å². The van der Waals surface area contributed by atoms with Crippen LogP contribution in [-0.4, -0.2) is 46.6 Å². The molecule has 3 heterocycles. The summed E-state index contributed by atoms with van der Waals surface area (Å²) >= 11 is 0. The van der Waals surface area contributed by atoms with Crippen molar-refractivity contribution in [2.75, 3.05) is 13.1 Å². The van der Waals surface area contributed by atoms with Crippen LogP contribution in [0, 0.1) is 11.7 Å². The minimum Gasteiger partial charge on any atom is -0.413 e. The van der Waals surface area contributed by atoms with Gasteiger partial charge in [0.25, 0.3) is 11.8 Å². The molecule has 2 aliphatic heterocycles. The van der Waals surface area contributed by atoms with Crippen LogP contribution in [0.15, 0.2) is 36.1 Å². The van der Waals surface area contributed by atoms with Crippen LogP contribution in [-0.2, 0) is 21.7 Å². The Kier molecular flexibility index (Phi) is 5.77. The molecule has 0 spiro atoms. The van der Waals surface area contributed by atoms with Gasteiger partial charge < -0.3 is 24.8 Å². The van der Waals surface area contributed by atoms with Crippen molar-refractivity contribution >= 4 is 33.6 Å². The van der Waals surface area contributed by atoms with Crippen LogP contribution in [0.5, 0.6) is 0 Å². The Morgan fingerprint density at radius 2 is 1.89 bits per heavy atom. The molecule has 6 rings (SSSR count). The molecule has 2 aromatic carbocycles. The summed E-state index contributed by atoms with van der Waals surface area (Å²) < 4.78 is 24.3. The van der Waals surface area contributed by atoms with E-state index in [1.807, 2.05) is 29.4 Å². The minimum absolute atomic E-state index is 0.0504. The fourth-order valence-corrected chi connectivity index (χ4v) is 6.02. The molecule has 38 heavy (non-hydrogen) atoms. The highest BCUT2D eigenvalue weighted by molar-refractivity contribution is 6.17. The summed E-state index contributed by atoms with van der Waals surface area (Å²) in [5.74, 6) is -0.117. The number of ether oxygens (including phenoxy) is 1. The average molecular weight is 521 g/mol. The summed E-state index contributed by atoms with van der Waals surface area (Å²) in [4.78, 5) is 33.5. The highest BCUT2D eigenvalue weighted by Gasteiger charge is 2.37. The van der Waals surface area contributed by atoms with Gasteiger partial charge in [-0.3, -0.25) is 9.59 Å². The van der Waals surface area contributed by atoms with Gasteiger partial charge in [-0.15, -0.1) is 5.48 Å². The van der Waals surface area contributed by atoms with Gasteiger partial charge in [0.1, 0.15) is 17.1 Å². The largest absolute Gasteiger partial charge is 0.413 e. The van der Waals surface area contributed by atoms with Crippen molar-refractivity contribution in [3.05, 3.63) is 58.6 Å². The van der Waals surface area contributed by atoms with Crippen LogP contribution in [0.3, 0.4) is 0 Å². The smallest absolute Gasteiger partial charge is 0.254 e. The molecule has 1 saturated heterocycles. The molecule has 3 unspecified atom stereocenters. The lowest BCUT2D eigenvalue weighted by Crippen LogP contribution is -2.48. The Morgan fingerprint density at radius 1 is 1.18 bits per heavy atom. The monoisotopic (exact) mass is 520 g/mol. The van der Waals surface area contributed by atoms with E-state index in [1.54, 1.807) is 32.1 Å². The highest BCUT2D eigenvalue weighted by atomic mass is 19.1. The Balaban J connectivity index is 1.58. The number of rotatable bonds is 5. The maximum Gasteiger partial charge on any atom is 0.254 e. The molecule has 3 N–H and O–H groups in total. The third kappa shape index (κ3) is 4.05. The second-order valence-corrected chi connectivity index (χ2v) is 11.3. The van der Waals surface area contributed by atoms with Gasteiger partial charge in [-0.05, 0) is 70.7 Å². The number of carbonyl (C=O) groups excluding carboxylic acids is 2. The van der Waals surface area contributed by atoms with E-state index in [0.29, 0.717) is 53.2 Å². The summed E-state index contributed by atoms with van der Waals surface area (Å²) in [7, 11) is 0. The predicted molar refractivity (Wildman–Crippen MR) is 142 cm³/mol. The van der Waals surface area contributed by atoms with Crippen molar-refractivity contribution in [2.24, 2.45) is 11.7 Å². The fourth-order valence-electron chi connectivity index (χ4n) is 6.02. The molecular formula is C29H33FN4O4. The lowest BCUT2D eigenvalue weighted by Gasteiger charge is -2.35. The van der Waals surface area contributed by atoms with Gasteiger partial charge in [0.05, 0.1) is 28.8 Å². The van der Waals surface area contributed by atoms with Crippen LogP contribution in [0.25, 0.3) is 21.8 Å². The van der Waals surface area contributed by atoms with E-state index in [4.69, 9.17) is 15.3 Å². The van der Waals surface area contributed by atoms with Gasteiger partial charge in [-0.1, -0.05) is 6.07 Å². The zero-order valence-corrected chi connectivity index (χ0v) is 22.1. The van der Waals surface area contributed by atoms with Gasteiger partial charge >= 0.3 is 0 Å². The lowest BCUT2D eigenvalue weighted by atomic mass is 9.88. The summed E-state index contributed by atoms with van der Waals surface area (Å²) in [6, 6.07) is 6.91. The Morgan fingerprint density at radius 3 is 2.50 bits per heavy atom. The molecule has 0 bridgehead atoms. The van der Waals surface area contributed by atoms with Crippen molar-refractivity contribution in [3.63, 3.8) is 0 Å². The molecule has 3 aromatic rings. The van der Waals surface area contributed by atoms with Gasteiger partial charge in [-0.2, -0.15) is 0 Å². The molecule has 3 aliphatic rings. The number of halogens is 1. The van der Waals surface area contributed by atoms with Gasteiger partial charge in [-0.25, -0.2) is 4.39 Å². The normalized spacial score (nSPS) is 25.6. The van der Waals surface area contributed by atoms with Crippen molar-refractivity contribution in [3.8, 4) is 0 Å². The number of hydrogen-bond donors (Lipinski definition) is 2. The number of benzene rings is 2. The van der Waals surface area contributed by atoms with E-state index < -0.39 is 17.3 Å². The quantitative estimate of drug-likeness (QED) is 0.521. The van der Waals surface area contributed by atoms with E-state index in [2.05, 4.69) is 5.48 Å².